The number of anilines is 1. The number of benzene rings is 1. The monoisotopic (exact) mass is 177 g/mol. The maximum absolute atomic E-state index is 2.26. The van der Waals surface area contributed by atoms with Crippen LogP contribution < -0.4 is 4.90 Å². The number of rotatable bonds is 3. The van der Waals surface area contributed by atoms with Crippen LogP contribution in [-0.2, 0) is 6.42 Å². The Labute approximate surface area is 81.4 Å². The van der Waals surface area contributed by atoms with Crippen LogP contribution in [0.1, 0.15) is 19.4 Å². The van der Waals surface area contributed by atoms with Crippen LogP contribution in [0.3, 0.4) is 0 Å². The van der Waals surface area contributed by atoms with Gasteiger partial charge in [0.05, 0.1) is 0 Å². The van der Waals surface area contributed by atoms with E-state index in [1.165, 1.54) is 17.7 Å². The summed E-state index contributed by atoms with van der Waals surface area (Å²) in [5, 5.41) is 0. The van der Waals surface area contributed by atoms with E-state index in [4.69, 9.17) is 0 Å². The molecule has 0 aliphatic rings. The van der Waals surface area contributed by atoms with Crippen LogP contribution in [0.4, 0.5) is 5.69 Å². The molecule has 1 nitrogen and oxygen atoms in total. The van der Waals surface area contributed by atoms with Gasteiger partial charge in [-0.25, -0.2) is 0 Å². The Balaban J connectivity index is 2.79. The smallest absolute Gasteiger partial charge is 0.0363 e. The second-order valence-electron chi connectivity index (χ2n) is 4.16. The summed E-state index contributed by atoms with van der Waals surface area (Å²) < 4.78 is 0. The number of nitrogens with zero attached hydrogens (tertiary/aromatic N) is 1. The van der Waals surface area contributed by atoms with E-state index in [0.717, 1.165) is 5.92 Å². The average Bonchev–Trinajstić information content (AvgIpc) is 2.03. The Morgan fingerprint density at radius 3 is 2.46 bits per heavy atom. The first-order chi connectivity index (χ1) is 6.09. The molecule has 0 N–H and O–H groups in total. The summed E-state index contributed by atoms with van der Waals surface area (Å²) in [6.45, 7) is 4.50. The molecule has 0 aliphatic heterocycles. The van der Waals surface area contributed by atoms with Gasteiger partial charge in [-0.15, -0.1) is 0 Å². The molecular weight excluding hydrogens is 158 g/mol. The summed E-state index contributed by atoms with van der Waals surface area (Å²) >= 11 is 0. The van der Waals surface area contributed by atoms with Crippen molar-refractivity contribution in [2.45, 2.75) is 20.3 Å². The molecule has 0 aromatic heterocycles. The van der Waals surface area contributed by atoms with Gasteiger partial charge in [0.25, 0.3) is 0 Å². The Kier molecular flexibility index (Phi) is 3.35. The Hall–Kier alpha value is -0.980. The molecule has 0 aliphatic carbocycles. The molecule has 0 spiro atoms. The van der Waals surface area contributed by atoms with Crippen molar-refractivity contribution >= 4 is 5.69 Å². The van der Waals surface area contributed by atoms with Crippen LogP contribution >= 0.6 is 0 Å². The van der Waals surface area contributed by atoms with Crippen molar-refractivity contribution in [1.29, 1.82) is 0 Å². The van der Waals surface area contributed by atoms with Gasteiger partial charge in [-0.1, -0.05) is 26.0 Å². The predicted octanol–water partition coefficient (Wildman–Crippen LogP) is 2.95. The van der Waals surface area contributed by atoms with Crippen molar-refractivity contribution in [3.63, 3.8) is 0 Å². The zero-order chi connectivity index (χ0) is 9.84. The molecule has 0 saturated heterocycles. The highest BCUT2D eigenvalue weighted by molar-refractivity contribution is 5.47. The maximum Gasteiger partial charge on any atom is 0.0363 e. The van der Waals surface area contributed by atoms with Crippen molar-refractivity contribution in [1.82, 2.24) is 0 Å². The molecule has 1 rings (SSSR count). The van der Waals surface area contributed by atoms with E-state index in [0.29, 0.717) is 0 Å². The molecule has 0 unspecified atom stereocenters. The highest BCUT2D eigenvalue weighted by Gasteiger charge is 1.99. The van der Waals surface area contributed by atoms with Gasteiger partial charge in [0.1, 0.15) is 0 Å². The van der Waals surface area contributed by atoms with E-state index in [2.05, 4.69) is 57.1 Å². The minimum absolute atomic E-state index is 0.734. The molecule has 1 heteroatoms. The van der Waals surface area contributed by atoms with Crippen molar-refractivity contribution in [2.24, 2.45) is 5.92 Å². The summed E-state index contributed by atoms with van der Waals surface area (Å²) in [6, 6.07) is 8.74. The van der Waals surface area contributed by atoms with Gasteiger partial charge in [-0.3, -0.25) is 0 Å². The number of hydrogen-bond donors (Lipinski definition) is 0. The molecule has 0 heterocycles. The normalized spacial score (nSPS) is 10.5. The van der Waals surface area contributed by atoms with Gasteiger partial charge in [0.15, 0.2) is 0 Å². The fourth-order valence-corrected chi connectivity index (χ4v) is 1.43. The van der Waals surface area contributed by atoms with E-state index in [1.807, 2.05) is 0 Å². The van der Waals surface area contributed by atoms with Crippen LogP contribution in [0.5, 0.6) is 0 Å². The third-order valence-electron chi connectivity index (χ3n) is 2.07. The lowest BCUT2D eigenvalue weighted by Gasteiger charge is -2.14. The van der Waals surface area contributed by atoms with Crippen LogP contribution in [0.2, 0.25) is 0 Å². The SMILES string of the molecule is CC(C)Cc1cccc(N(C)C)c1. The first-order valence-corrected chi connectivity index (χ1v) is 4.86. The Morgan fingerprint density at radius 2 is 1.92 bits per heavy atom. The van der Waals surface area contributed by atoms with Gasteiger partial charge in [0, 0.05) is 19.8 Å². The zero-order valence-electron chi connectivity index (χ0n) is 9.04. The van der Waals surface area contributed by atoms with Crippen molar-refractivity contribution in [3.05, 3.63) is 29.8 Å². The van der Waals surface area contributed by atoms with Gasteiger partial charge in [0.2, 0.25) is 0 Å². The lowest BCUT2D eigenvalue weighted by molar-refractivity contribution is 0.647. The van der Waals surface area contributed by atoms with Crippen LogP contribution in [0.25, 0.3) is 0 Å². The van der Waals surface area contributed by atoms with Crippen molar-refractivity contribution in [3.8, 4) is 0 Å². The molecule has 0 fully saturated rings. The van der Waals surface area contributed by atoms with Crippen molar-refractivity contribution < 1.29 is 0 Å². The third-order valence-corrected chi connectivity index (χ3v) is 2.07. The van der Waals surface area contributed by atoms with Crippen LogP contribution in [0.15, 0.2) is 24.3 Å². The topological polar surface area (TPSA) is 3.24 Å². The Morgan fingerprint density at radius 1 is 1.23 bits per heavy atom. The van der Waals surface area contributed by atoms with Crippen LogP contribution in [-0.4, -0.2) is 14.1 Å². The zero-order valence-corrected chi connectivity index (χ0v) is 9.04. The molecule has 0 atom stereocenters. The van der Waals surface area contributed by atoms with Crippen molar-refractivity contribution in [2.75, 3.05) is 19.0 Å². The fraction of sp³-hybridized carbons (Fsp3) is 0.500. The van der Waals surface area contributed by atoms with E-state index in [-0.39, 0.29) is 0 Å². The van der Waals surface area contributed by atoms with Gasteiger partial charge in [-0.05, 0) is 30.0 Å². The second kappa shape index (κ2) is 4.31. The molecule has 72 valence electrons. The van der Waals surface area contributed by atoms with E-state index in [1.54, 1.807) is 0 Å². The average molecular weight is 177 g/mol. The highest BCUT2D eigenvalue weighted by atomic mass is 15.1. The maximum atomic E-state index is 2.26. The third kappa shape index (κ3) is 3.10. The molecule has 1 aromatic rings. The first kappa shape index (κ1) is 10.1. The van der Waals surface area contributed by atoms with Gasteiger partial charge >= 0.3 is 0 Å². The summed E-state index contributed by atoms with van der Waals surface area (Å²) in [7, 11) is 4.16. The lowest BCUT2D eigenvalue weighted by Crippen LogP contribution is -2.08. The molecule has 1 aromatic carbocycles. The second-order valence-corrected chi connectivity index (χ2v) is 4.16. The molecule has 0 amide bonds. The molecule has 0 radical (unpaired) electrons. The summed E-state index contributed by atoms with van der Waals surface area (Å²) in [5.41, 5.74) is 2.72. The van der Waals surface area contributed by atoms with Gasteiger partial charge in [-0.2, -0.15) is 0 Å². The summed E-state index contributed by atoms with van der Waals surface area (Å²) in [5.74, 6) is 0.734. The molecule has 0 saturated carbocycles. The first-order valence-electron chi connectivity index (χ1n) is 4.86. The Bertz CT molecular complexity index is 264. The predicted molar refractivity (Wildman–Crippen MR) is 59.3 cm³/mol. The molecule has 13 heavy (non-hydrogen) atoms. The minimum Gasteiger partial charge on any atom is -0.378 e. The van der Waals surface area contributed by atoms with E-state index in [9.17, 15) is 0 Å². The minimum atomic E-state index is 0.734. The fourth-order valence-electron chi connectivity index (χ4n) is 1.43. The quantitative estimate of drug-likeness (QED) is 0.686. The van der Waals surface area contributed by atoms with Gasteiger partial charge < -0.3 is 4.90 Å². The molecular formula is C12H19N. The highest BCUT2D eigenvalue weighted by Crippen LogP contribution is 2.15. The largest absolute Gasteiger partial charge is 0.378 e. The number of hydrogen-bond acceptors (Lipinski definition) is 1. The van der Waals surface area contributed by atoms with Crippen LogP contribution in [0, 0.1) is 5.92 Å². The van der Waals surface area contributed by atoms with E-state index >= 15 is 0 Å². The van der Waals surface area contributed by atoms with E-state index < -0.39 is 0 Å². The molecule has 0 bridgehead atoms. The standard InChI is InChI=1S/C12H19N/c1-10(2)8-11-6-5-7-12(9-11)13(3)4/h5-7,9-10H,8H2,1-4H3. The lowest BCUT2D eigenvalue weighted by atomic mass is 10.0. The summed E-state index contributed by atoms with van der Waals surface area (Å²) in [6.07, 6.45) is 1.17. The summed E-state index contributed by atoms with van der Waals surface area (Å²) in [4.78, 5) is 2.14.